The summed E-state index contributed by atoms with van der Waals surface area (Å²) in [6.45, 7) is 3.55. The Morgan fingerprint density at radius 2 is 1.15 bits per heavy atom. The van der Waals surface area contributed by atoms with Gasteiger partial charge in [-0.2, -0.15) is 0 Å². The Hall–Kier alpha value is -4.64. The third kappa shape index (κ3) is 7.73. The number of anilines is 2. The van der Waals surface area contributed by atoms with Crippen molar-refractivity contribution in [2.45, 2.75) is 31.8 Å². The van der Waals surface area contributed by atoms with Crippen LogP contribution in [0, 0.1) is 0 Å². The number of rotatable bonds is 13. The Kier molecular flexibility index (Phi) is 10.5. The molecular weight excluding hydrogens is 526 g/mol. The van der Waals surface area contributed by atoms with Crippen LogP contribution in [0.4, 0.5) is 21.4 Å². The molecule has 0 aliphatic rings. The van der Waals surface area contributed by atoms with Crippen molar-refractivity contribution < 1.29 is 27.9 Å². The lowest BCUT2D eigenvalue weighted by atomic mass is 10.0. The molecule has 0 saturated carbocycles. The number of oxazole rings is 2. The summed E-state index contributed by atoms with van der Waals surface area (Å²) < 4.78 is 21.4. The molecule has 0 spiro atoms. The van der Waals surface area contributed by atoms with Gasteiger partial charge in [0.05, 0.1) is 38.7 Å². The van der Waals surface area contributed by atoms with Crippen LogP contribution < -0.4 is 9.80 Å². The highest BCUT2D eigenvalue weighted by Crippen LogP contribution is 2.24. The van der Waals surface area contributed by atoms with Crippen LogP contribution >= 0.6 is 0 Å². The molecule has 0 aliphatic carbocycles. The molecular formula is C30H35N5O6. The molecule has 0 unspecified atom stereocenters. The van der Waals surface area contributed by atoms with Gasteiger partial charge in [-0.15, -0.1) is 0 Å². The fourth-order valence-corrected chi connectivity index (χ4v) is 4.87. The molecule has 0 aliphatic heterocycles. The third-order valence-electron chi connectivity index (χ3n) is 6.80. The molecule has 2 aromatic carbocycles. The molecule has 4 aromatic rings. The van der Waals surface area contributed by atoms with Crippen molar-refractivity contribution in [1.29, 1.82) is 0 Å². The molecule has 0 radical (unpaired) electrons. The fraction of sp³-hybridized carbons (Fsp3) is 0.333. The van der Waals surface area contributed by atoms with Crippen molar-refractivity contribution in [1.82, 2.24) is 14.9 Å². The number of ether oxygens (including phenoxy) is 2. The fourth-order valence-electron chi connectivity index (χ4n) is 4.87. The molecule has 11 nitrogen and oxygen atoms in total. The number of benzene rings is 2. The maximum Gasteiger partial charge on any atom is 0.416 e. The number of hydrogen-bond donors (Lipinski definition) is 0. The van der Waals surface area contributed by atoms with Gasteiger partial charge in [0.1, 0.15) is 0 Å². The summed E-state index contributed by atoms with van der Waals surface area (Å²) in [5.74, 6) is 0.569. The Bertz CT molecular complexity index is 1220. The number of nitrogens with zero attached hydrogens (tertiary/aromatic N) is 5. The molecule has 2 atom stereocenters. The van der Waals surface area contributed by atoms with Crippen molar-refractivity contribution in [3.05, 3.63) is 97.0 Å². The van der Waals surface area contributed by atoms with E-state index in [2.05, 4.69) is 14.9 Å². The van der Waals surface area contributed by atoms with Crippen LogP contribution in [0.25, 0.3) is 0 Å². The monoisotopic (exact) mass is 561 g/mol. The van der Waals surface area contributed by atoms with E-state index in [9.17, 15) is 9.59 Å². The number of amides is 2. The molecule has 2 amide bonds. The summed E-state index contributed by atoms with van der Waals surface area (Å²) in [6.07, 6.45) is 5.49. The van der Waals surface area contributed by atoms with Gasteiger partial charge in [-0.1, -0.05) is 67.6 Å². The van der Waals surface area contributed by atoms with Crippen LogP contribution in [0.1, 0.15) is 18.1 Å². The highest BCUT2D eigenvalue weighted by atomic mass is 16.6. The molecule has 0 saturated heterocycles. The zero-order chi connectivity index (χ0) is 29.0. The van der Waals surface area contributed by atoms with Gasteiger partial charge in [-0.3, -0.25) is 4.90 Å². The van der Waals surface area contributed by atoms with E-state index >= 15 is 0 Å². The van der Waals surface area contributed by atoms with Gasteiger partial charge < -0.3 is 18.3 Å². The Morgan fingerprint density at radius 3 is 1.46 bits per heavy atom. The van der Waals surface area contributed by atoms with Crippen molar-refractivity contribution >= 4 is 24.0 Å². The van der Waals surface area contributed by atoms with Crippen LogP contribution in [-0.2, 0) is 22.3 Å². The number of methoxy groups -OCH3 is 2. The lowest BCUT2D eigenvalue weighted by Crippen LogP contribution is -2.53. The first kappa shape index (κ1) is 29.3. The zero-order valence-electron chi connectivity index (χ0n) is 23.5. The van der Waals surface area contributed by atoms with Crippen molar-refractivity contribution in [3.63, 3.8) is 0 Å². The van der Waals surface area contributed by atoms with Gasteiger partial charge in [0.15, 0.2) is 12.8 Å². The number of carbonyl (C=O) groups is 2. The Labute approximate surface area is 239 Å². The molecule has 11 heteroatoms. The van der Waals surface area contributed by atoms with Crippen LogP contribution in [0.5, 0.6) is 0 Å². The van der Waals surface area contributed by atoms with Crippen molar-refractivity contribution in [2.24, 2.45) is 0 Å². The lowest BCUT2D eigenvalue weighted by molar-refractivity contribution is 0.164. The van der Waals surface area contributed by atoms with Gasteiger partial charge >= 0.3 is 12.2 Å². The second-order valence-electron chi connectivity index (χ2n) is 9.40. The molecule has 4 rings (SSSR count). The van der Waals surface area contributed by atoms with Gasteiger partial charge in [-0.25, -0.2) is 29.4 Å². The van der Waals surface area contributed by atoms with E-state index in [0.29, 0.717) is 32.5 Å². The topological polar surface area (TPSA) is 114 Å². The Morgan fingerprint density at radius 1 is 0.732 bits per heavy atom. The average Bonchev–Trinajstić information content (AvgIpc) is 3.73. The Balaban J connectivity index is 1.67. The van der Waals surface area contributed by atoms with Crippen LogP contribution in [0.2, 0.25) is 0 Å². The van der Waals surface area contributed by atoms with E-state index in [4.69, 9.17) is 18.3 Å². The van der Waals surface area contributed by atoms with Gasteiger partial charge in [-0.05, 0) is 30.5 Å². The number of aromatic nitrogens is 2. The quantitative estimate of drug-likeness (QED) is 0.221. The summed E-state index contributed by atoms with van der Waals surface area (Å²) in [6, 6.07) is 19.0. The first-order valence-electron chi connectivity index (χ1n) is 13.4. The molecule has 0 fully saturated rings. The minimum Gasteiger partial charge on any atom is -0.452 e. The molecule has 41 heavy (non-hydrogen) atoms. The summed E-state index contributed by atoms with van der Waals surface area (Å²) in [5.41, 5.74) is 2.08. The number of carbonyl (C=O) groups excluding carboxylic acids is 2. The molecule has 0 N–H and O–H groups in total. The molecule has 2 aromatic heterocycles. The highest BCUT2D eigenvalue weighted by Gasteiger charge is 2.34. The molecule has 0 bridgehead atoms. The van der Waals surface area contributed by atoms with E-state index in [1.54, 1.807) is 0 Å². The minimum absolute atomic E-state index is 0.285. The summed E-state index contributed by atoms with van der Waals surface area (Å²) >= 11 is 0. The first-order valence-corrected chi connectivity index (χ1v) is 13.4. The van der Waals surface area contributed by atoms with Gasteiger partial charge in [0.2, 0.25) is 11.8 Å². The zero-order valence-corrected chi connectivity index (χ0v) is 23.5. The van der Waals surface area contributed by atoms with E-state index < -0.39 is 12.2 Å². The maximum atomic E-state index is 13.1. The van der Waals surface area contributed by atoms with Crippen LogP contribution in [0.3, 0.4) is 0 Å². The number of hydrogen-bond acceptors (Lipinski definition) is 9. The largest absolute Gasteiger partial charge is 0.452 e. The van der Waals surface area contributed by atoms with Crippen molar-refractivity contribution in [3.8, 4) is 0 Å². The maximum absolute atomic E-state index is 13.1. The van der Waals surface area contributed by atoms with Crippen LogP contribution in [0.15, 0.2) is 94.7 Å². The number of likely N-dealkylation sites (N-methyl/N-ethyl adjacent to an activating group) is 1. The smallest absolute Gasteiger partial charge is 0.416 e. The second kappa shape index (κ2) is 14.7. The van der Waals surface area contributed by atoms with Gasteiger partial charge in [0, 0.05) is 13.1 Å². The predicted octanol–water partition coefficient (Wildman–Crippen LogP) is 5.05. The highest BCUT2D eigenvalue weighted by molar-refractivity contribution is 5.87. The average molecular weight is 562 g/mol. The predicted molar refractivity (Wildman–Crippen MR) is 153 cm³/mol. The van der Waals surface area contributed by atoms with Gasteiger partial charge in [0.25, 0.3) is 0 Å². The van der Waals surface area contributed by atoms with E-state index in [0.717, 1.165) is 11.1 Å². The van der Waals surface area contributed by atoms with Crippen LogP contribution in [-0.4, -0.2) is 73.0 Å². The minimum atomic E-state index is -0.558. The van der Waals surface area contributed by atoms with E-state index in [1.807, 2.05) is 67.6 Å². The molecule has 216 valence electrons. The summed E-state index contributed by atoms with van der Waals surface area (Å²) in [5, 5.41) is 0. The lowest BCUT2D eigenvalue weighted by Gasteiger charge is -2.36. The summed E-state index contributed by atoms with van der Waals surface area (Å²) in [4.78, 5) is 39.4. The molecule has 2 heterocycles. The second-order valence-corrected chi connectivity index (χ2v) is 9.40. The van der Waals surface area contributed by atoms with Crippen molar-refractivity contribution in [2.75, 3.05) is 43.7 Å². The summed E-state index contributed by atoms with van der Waals surface area (Å²) in [7, 11) is 2.68. The normalized spacial score (nSPS) is 12.5. The standard InChI is InChI=1S/C30H35N5O6/c1-4-33(19-25(15-23-11-7-5-8-12-23)34(29(36)38-2)27-17-31-21-40-27)20-26(16-24-13-9-6-10-14-24)35(30(37)39-3)28-18-32-22-41-28/h5-14,17-18,21-22,25-26H,4,15-16,19-20H2,1-3H3/t25-,26-/m0/s1. The first-order chi connectivity index (χ1) is 20.0. The third-order valence-corrected chi connectivity index (χ3v) is 6.80. The van der Waals surface area contributed by atoms with E-state index in [-0.39, 0.29) is 23.9 Å². The SMILES string of the molecule is CCN(C[C@H](Cc1ccccc1)N(C(=O)OC)c1cnco1)C[C@H](Cc1ccccc1)N(C(=O)OC)c1cnco1. The van der Waals surface area contributed by atoms with E-state index in [1.165, 1.54) is 49.2 Å².